The highest BCUT2D eigenvalue weighted by molar-refractivity contribution is 14.1. The maximum atomic E-state index is 11.8. The molecule has 0 aromatic heterocycles. The second-order valence-electron chi connectivity index (χ2n) is 4.68. The minimum absolute atomic E-state index is 0.0291. The molecule has 2 rings (SSSR count). The van der Waals surface area contributed by atoms with Gasteiger partial charge in [-0.05, 0) is 64.6 Å². The summed E-state index contributed by atoms with van der Waals surface area (Å²) >= 11 is 7.07. The zero-order valence-corrected chi connectivity index (χ0v) is 15.3. The Hall–Kier alpha value is -2.26. The lowest BCUT2D eigenvalue weighted by molar-refractivity contribution is -0.115. The highest BCUT2D eigenvalue weighted by Crippen LogP contribution is 2.18. The molecule has 5 nitrogen and oxygen atoms in total. The van der Waals surface area contributed by atoms with Crippen molar-refractivity contribution in [3.8, 4) is 0 Å². The summed E-state index contributed by atoms with van der Waals surface area (Å²) in [6, 6.07) is 14.2. The summed E-state index contributed by atoms with van der Waals surface area (Å²) in [5.41, 5.74) is 1.29. The Labute approximate surface area is 157 Å². The molecule has 3 N–H and O–H groups in total. The van der Waals surface area contributed by atoms with E-state index >= 15 is 0 Å². The fraction of sp³-hybridized carbons (Fsp3) is 0. The van der Waals surface area contributed by atoms with Crippen molar-refractivity contribution in [2.24, 2.45) is 0 Å². The zero-order valence-electron chi connectivity index (χ0n) is 12.3. The van der Waals surface area contributed by atoms with Gasteiger partial charge in [-0.15, -0.1) is 0 Å². The van der Waals surface area contributed by atoms with Gasteiger partial charge in [0.1, 0.15) is 0 Å². The van der Waals surface area contributed by atoms with Crippen LogP contribution in [0.5, 0.6) is 0 Å². The molecule has 0 radical (unpaired) electrons. The third-order valence-electron chi connectivity index (χ3n) is 2.92. The number of halogens is 1. The number of carbonyl (C=O) groups is 2. The van der Waals surface area contributed by atoms with Crippen molar-refractivity contribution in [2.45, 2.75) is 0 Å². The van der Waals surface area contributed by atoms with E-state index in [4.69, 9.17) is 12.2 Å². The Balaban J connectivity index is 2.00. The van der Waals surface area contributed by atoms with Crippen molar-refractivity contribution in [3.05, 3.63) is 69.3 Å². The largest absolute Gasteiger partial charge is 0.478 e. The van der Waals surface area contributed by atoms with Crippen molar-refractivity contribution >= 4 is 63.6 Å². The molecule has 7 heteroatoms. The van der Waals surface area contributed by atoms with Crippen LogP contribution in [0.15, 0.2) is 54.6 Å². The number of rotatable bonds is 4. The topological polar surface area (TPSA) is 78.4 Å². The number of hydrogen-bond acceptors (Lipinski definition) is 3. The van der Waals surface area contributed by atoms with Gasteiger partial charge in [-0.3, -0.25) is 10.1 Å². The average molecular weight is 452 g/mol. The highest BCUT2D eigenvalue weighted by atomic mass is 127. The molecule has 0 bridgehead atoms. The van der Waals surface area contributed by atoms with E-state index < -0.39 is 11.9 Å². The van der Waals surface area contributed by atoms with Gasteiger partial charge in [0.05, 0.1) is 11.3 Å². The molecule has 0 aliphatic heterocycles. The van der Waals surface area contributed by atoms with E-state index in [1.54, 1.807) is 18.2 Å². The molecule has 24 heavy (non-hydrogen) atoms. The van der Waals surface area contributed by atoms with Crippen LogP contribution in [-0.2, 0) is 4.79 Å². The summed E-state index contributed by atoms with van der Waals surface area (Å²) in [6.45, 7) is 0. The second-order valence-corrected chi connectivity index (χ2v) is 6.34. The molecule has 0 fully saturated rings. The Kier molecular flexibility index (Phi) is 6.44. The number of amides is 1. The molecular formula is C17H13IN2O3S. The fourth-order valence-electron chi connectivity index (χ4n) is 1.85. The van der Waals surface area contributed by atoms with Crippen LogP contribution in [-0.4, -0.2) is 22.1 Å². The van der Waals surface area contributed by atoms with Crippen LogP contribution in [0.25, 0.3) is 6.08 Å². The van der Waals surface area contributed by atoms with Crippen molar-refractivity contribution in [1.29, 1.82) is 0 Å². The van der Waals surface area contributed by atoms with Gasteiger partial charge < -0.3 is 10.4 Å². The maximum absolute atomic E-state index is 11.8. The number of aromatic carboxylic acids is 1. The van der Waals surface area contributed by atoms with Crippen LogP contribution >= 0.6 is 34.8 Å². The first-order chi connectivity index (χ1) is 11.5. The summed E-state index contributed by atoms with van der Waals surface area (Å²) in [7, 11) is 0. The summed E-state index contributed by atoms with van der Waals surface area (Å²) in [5, 5.41) is 14.4. The molecule has 0 aliphatic rings. The molecule has 0 unspecified atom stereocenters. The van der Waals surface area contributed by atoms with E-state index in [1.165, 1.54) is 12.1 Å². The summed E-state index contributed by atoms with van der Waals surface area (Å²) in [6.07, 6.45) is 3.01. The van der Waals surface area contributed by atoms with Gasteiger partial charge in [0.2, 0.25) is 5.91 Å². The molecule has 0 saturated heterocycles. The number of hydrogen-bond donors (Lipinski definition) is 3. The van der Waals surface area contributed by atoms with Gasteiger partial charge >= 0.3 is 5.97 Å². The molecule has 2 aromatic rings. The standard InChI is InChI=1S/C17H13IN2O3S/c18-12-7-8-14(13(10-12)16(22)23)19-17(24)20-15(21)9-6-11-4-2-1-3-5-11/h1-10H,(H,22,23)(H2,19,20,21,24). The van der Waals surface area contributed by atoms with Crippen LogP contribution in [0.2, 0.25) is 0 Å². The number of carbonyl (C=O) groups excluding carboxylic acids is 1. The van der Waals surface area contributed by atoms with Gasteiger partial charge in [0, 0.05) is 9.65 Å². The molecule has 0 aliphatic carbocycles. The predicted octanol–water partition coefficient (Wildman–Crippen LogP) is 3.52. The molecule has 0 atom stereocenters. The lowest BCUT2D eigenvalue weighted by Gasteiger charge is -2.11. The molecule has 0 heterocycles. The van der Waals surface area contributed by atoms with Crippen LogP contribution in [0, 0.1) is 3.57 Å². The van der Waals surface area contributed by atoms with Gasteiger partial charge in [0.15, 0.2) is 5.11 Å². The first-order valence-electron chi connectivity index (χ1n) is 6.83. The Morgan fingerprint density at radius 1 is 1.12 bits per heavy atom. The SMILES string of the molecule is O=C(C=Cc1ccccc1)NC(=S)Nc1ccc(I)cc1C(=O)O. The van der Waals surface area contributed by atoms with Gasteiger partial charge in [-0.1, -0.05) is 30.3 Å². The first kappa shape index (κ1) is 18.1. The minimum Gasteiger partial charge on any atom is -0.478 e. The smallest absolute Gasteiger partial charge is 0.337 e. The van der Waals surface area contributed by atoms with Crippen LogP contribution in [0.3, 0.4) is 0 Å². The molecule has 2 aromatic carbocycles. The number of anilines is 1. The second kappa shape index (κ2) is 8.55. The lowest BCUT2D eigenvalue weighted by atomic mass is 10.2. The van der Waals surface area contributed by atoms with E-state index in [0.717, 1.165) is 9.13 Å². The number of nitrogens with one attached hydrogen (secondary N) is 2. The van der Waals surface area contributed by atoms with E-state index in [2.05, 4.69) is 10.6 Å². The highest BCUT2D eigenvalue weighted by Gasteiger charge is 2.12. The van der Waals surface area contributed by atoms with Crippen LogP contribution in [0.1, 0.15) is 15.9 Å². The summed E-state index contributed by atoms with van der Waals surface area (Å²) in [5.74, 6) is -1.48. The Morgan fingerprint density at radius 3 is 2.50 bits per heavy atom. The zero-order chi connectivity index (χ0) is 17.5. The van der Waals surface area contributed by atoms with Crippen molar-refractivity contribution in [1.82, 2.24) is 5.32 Å². The molecule has 0 saturated carbocycles. The third-order valence-corrected chi connectivity index (χ3v) is 3.80. The fourth-order valence-corrected chi connectivity index (χ4v) is 2.55. The first-order valence-corrected chi connectivity index (χ1v) is 8.32. The monoisotopic (exact) mass is 452 g/mol. The molecule has 1 amide bonds. The van der Waals surface area contributed by atoms with E-state index in [1.807, 2.05) is 52.9 Å². The molecular weight excluding hydrogens is 439 g/mol. The number of carboxylic acid groups (broad SMARTS) is 1. The van der Waals surface area contributed by atoms with E-state index in [-0.39, 0.29) is 10.7 Å². The Morgan fingerprint density at radius 2 is 1.83 bits per heavy atom. The quantitative estimate of drug-likeness (QED) is 0.376. The number of benzene rings is 2. The Bertz CT molecular complexity index is 807. The molecule has 122 valence electrons. The average Bonchev–Trinajstić information content (AvgIpc) is 2.55. The van der Waals surface area contributed by atoms with E-state index in [9.17, 15) is 14.7 Å². The summed E-state index contributed by atoms with van der Waals surface area (Å²) < 4.78 is 0.788. The van der Waals surface area contributed by atoms with Gasteiger partial charge in [-0.2, -0.15) is 0 Å². The van der Waals surface area contributed by atoms with Crippen LogP contribution in [0.4, 0.5) is 5.69 Å². The lowest BCUT2D eigenvalue weighted by Crippen LogP contribution is -2.33. The van der Waals surface area contributed by atoms with E-state index in [0.29, 0.717) is 5.69 Å². The van der Waals surface area contributed by atoms with Gasteiger partial charge in [0.25, 0.3) is 0 Å². The minimum atomic E-state index is -1.07. The van der Waals surface area contributed by atoms with Crippen LogP contribution < -0.4 is 10.6 Å². The third kappa shape index (κ3) is 5.43. The normalized spacial score (nSPS) is 10.4. The van der Waals surface area contributed by atoms with Crippen molar-refractivity contribution in [3.63, 3.8) is 0 Å². The predicted molar refractivity (Wildman–Crippen MR) is 106 cm³/mol. The van der Waals surface area contributed by atoms with Gasteiger partial charge in [-0.25, -0.2) is 4.79 Å². The van der Waals surface area contributed by atoms with Crippen molar-refractivity contribution in [2.75, 3.05) is 5.32 Å². The number of thiocarbonyl (C=S) groups is 1. The molecule has 0 spiro atoms. The summed E-state index contributed by atoms with van der Waals surface area (Å²) in [4.78, 5) is 23.1. The maximum Gasteiger partial charge on any atom is 0.337 e. The van der Waals surface area contributed by atoms with Crippen molar-refractivity contribution < 1.29 is 14.7 Å². The number of carboxylic acids is 1.